The maximum absolute atomic E-state index is 5.59. The number of thioether (sulfide) groups is 1. The van der Waals surface area contributed by atoms with Crippen molar-refractivity contribution >= 4 is 41.7 Å². The van der Waals surface area contributed by atoms with Crippen LogP contribution in [0.25, 0.3) is 0 Å². The standard InChI is InChI=1S/C16H33N3OS.HI/c1-5-17-15(18-9-7-10-20-12-14(2)3)19-13-16(4)8-6-11-21-16;/h14H,5-13H2,1-4H3,(H2,17,18,19);1H. The molecule has 2 N–H and O–H groups in total. The van der Waals surface area contributed by atoms with Gasteiger partial charge in [-0.15, -0.1) is 24.0 Å². The molecule has 1 rings (SSSR count). The summed E-state index contributed by atoms with van der Waals surface area (Å²) in [5.74, 6) is 2.83. The minimum atomic E-state index is 0. The van der Waals surface area contributed by atoms with Crippen LogP contribution in [0, 0.1) is 5.92 Å². The van der Waals surface area contributed by atoms with Crippen molar-refractivity contribution in [3.63, 3.8) is 0 Å². The molecule has 0 radical (unpaired) electrons. The van der Waals surface area contributed by atoms with Crippen molar-refractivity contribution in [3.8, 4) is 0 Å². The number of halogens is 1. The molecule has 0 saturated carbocycles. The van der Waals surface area contributed by atoms with Gasteiger partial charge in [0, 0.05) is 31.1 Å². The second kappa shape index (κ2) is 12.7. The summed E-state index contributed by atoms with van der Waals surface area (Å²) >= 11 is 2.06. The van der Waals surface area contributed by atoms with E-state index in [9.17, 15) is 0 Å². The number of aliphatic imine (C=N–C) groups is 1. The van der Waals surface area contributed by atoms with Gasteiger partial charge in [-0.25, -0.2) is 0 Å². The fourth-order valence-electron chi connectivity index (χ4n) is 2.25. The van der Waals surface area contributed by atoms with Gasteiger partial charge in [0.2, 0.25) is 0 Å². The average Bonchev–Trinajstić information content (AvgIpc) is 2.87. The van der Waals surface area contributed by atoms with Crippen molar-refractivity contribution in [3.05, 3.63) is 0 Å². The molecule has 0 amide bonds. The molecule has 4 nitrogen and oxygen atoms in total. The Hall–Kier alpha value is 0.310. The van der Waals surface area contributed by atoms with Gasteiger partial charge in [0.05, 0.1) is 6.54 Å². The summed E-state index contributed by atoms with van der Waals surface area (Å²) in [7, 11) is 0. The third-order valence-electron chi connectivity index (χ3n) is 3.43. The Morgan fingerprint density at radius 1 is 1.36 bits per heavy atom. The van der Waals surface area contributed by atoms with Crippen LogP contribution in [0.3, 0.4) is 0 Å². The molecule has 0 bridgehead atoms. The van der Waals surface area contributed by atoms with Gasteiger partial charge in [0.15, 0.2) is 5.96 Å². The molecule has 1 aliphatic heterocycles. The van der Waals surface area contributed by atoms with Crippen LogP contribution in [0.15, 0.2) is 4.99 Å². The molecule has 1 saturated heterocycles. The van der Waals surface area contributed by atoms with Crippen LogP contribution >= 0.6 is 35.7 Å². The first-order valence-electron chi connectivity index (χ1n) is 8.29. The van der Waals surface area contributed by atoms with Crippen molar-refractivity contribution in [2.24, 2.45) is 10.9 Å². The van der Waals surface area contributed by atoms with Crippen LogP contribution in [0.2, 0.25) is 0 Å². The third-order valence-corrected chi connectivity index (χ3v) is 4.95. The molecule has 6 heteroatoms. The topological polar surface area (TPSA) is 45.7 Å². The molecule has 0 spiro atoms. The van der Waals surface area contributed by atoms with Crippen LogP contribution in [0.1, 0.15) is 47.0 Å². The molecular formula is C16H34IN3OS. The van der Waals surface area contributed by atoms with Crippen LogP contribution in [0.5, 0.6) is 0 Å². The van der Waals surface area contributed by atoms with E-state index in [4.69, 9.17) is 9.73 Å². The lowest BCUT2D eigenvalue weighted by molar-refractivity contribution is 0.108. The first-order valence-corrected chi connectivity index (χ1v) is 9.28. The number of guanidine groups is 1. The maximum Gasteiger partial charge on any atom is 0.191 e. The molecule has 22 heavy (non-hydrogen) atoms. The molecular weight excluding hydrogens is 409 g/mol. The first kappa shape index (κ1) is 22.3. The Kier molecular flexibility index (Phi) is 12.9. The van der Waals surface area contributed by atoms with Crippen LogP contribution in [0.4, 0.5) is 0 Å². The summed E-state index contributed by atoms with van der Waals surface area (Å²) in [5.41, 5.74) is 0. The summed E-state index contributed by atoms with van der Waals surface area (Å²) in [4.78, 5) is 4.75. The van der Waals surface area contributed by atoms with E-state index in [1.807, 2.05) is 0 Å². The second-order valence-corrected chi connectivity index (χ2v) is 8.03. The van der Waals surface area contributed by atoms with Gasteiger partial charge in [-0.3, -0.25) is 4.99 Å². The predicted molar refractivity (Wildman–Crippen MR) is 110 cm³/mol. The fraction of sp³-hybridized carbons (Fsp3) is 0.938. The number of nitrogens with one attached hydrogen (secondary N) is 2. The highest BCUT2D eigenvalue weighted by Crippen LogP contribution is 2.37. The van der Waals surface area contributed by atoms with Gasteiger partial charge in [-0.05, 0) is 44.8 Å². The third kappa shape index (κ3) is 10.2. The summed E-state index contributed by atoms with van der Waals surface area (Å²) in [6.45, 7) is 13.2. The van der Waals surface area contributed by atoms with Gasteiger partial charge in [0.1, 0.15) is 0 Å². The second-order valence-electron chi connectivity index (χ2n) is 6.35. The highest BCUT2D eigenvalue weighted by atomic mass is 127. The zero-order chi connectivity index (χ0) is 15.6. The van der Waals surface area contributed by atoms with Crippen LogP contribution in [-0.4, -0.2) is 49.3 Å². The minimum Gasteiger partial charge on any atom is -0.381 e. The van der Waals surface area contributed by atoms with Gasteiger partial charge < -0.3 is 15.4 Å². The van der Waals surface area contributed by atoms with Crippen molar-refractivity contribution in [2.75, 3.05) is 38.6 Å². The molecule has 0 aliphatic carbocycles. The van der Waals surface area contributed by atoms with Crippen molar-refractivity contribution < 1.29 is 4.74 Å². The summed E-state index contributed by atoms with van der Waals surface area (Å²) in [6, 6.07) is 0. The predicted octanol–water partition coefficient (Wildman–Crippen LogP) is 3.51. The zero-order valence-electron chi connectivity index (χ0n) is 14.6. The lowest BCUT2D eigenvalue weighted by Gasteiger charge is -2.21. The number of hydrogen-bond donors (Lipinski definition) is 2. The number of rotatable bonds is 9. The van der Waals surface area contributed by atoms with E-state index in [1.54, 1.807) is 0 Å². The van der Waals surface area contributed by atoms with Gasteiger partial charge in [-0.2, -0.15) is 11.8 Å². The molecule has 132 valence electrons. The largest absolute Gasteiger partial charge is 0.381 e. The Balaban J connectivity index is 0.00000441. The van der Waals surface area contributed by atoms with Crippen LogP contribution < -0.4 is 10.6 Å². The van der Waals surface area contributed by atoms with E-state index in [1.165, 1.54) is 18.6 Å². The lowest BCUT2D eigenvalue weighted by Crippen LogP contribution is -2.39. The Bertz CT molecular complexity index is 308. The van der Waals surface area contributed by atoms with Crippen molar-refractivity contribution in [1.82, 2.24) is 10.6 Å². The summed E-state index contributed by atoms with van der Waals surface area (Å²) < 4.78 is 5.93. The molecule has 1 unspecified atom stereocenters. The average molecular weight is 443 g/mol. The number of hydrogen-bond acceptors (Lipinski definition) is 3. The lowest BCUT2D eigenvalue weighted by atomic mass is 10.1. The Morgan fingerprint density at radius 3 is 2.73 bits per heavy atom. The molecule has 1 heterocycles. The summed E-state index contributed by atoms with van der Waals surface area (Å²) in [5, 5.41) is 6.72. The summed E-state index contributed by atoms with van der Waals surface area (Å²) in [6.07, 6.45) is 3.63. The molecule has 0 aromatic heterocycles. The molecule has 1 atom stereocenters. The van der Waals surface area contributed by atoms with E-state index < -0.39 is 0 Å². The quantitative estimate of drug-likeness (QED) is 0.248. The SMILES string of the molecule is CCNC(=NCC1(C)CCCS1)NCCCOCC(C)C.I. The number of ether oxygens (including phenoxy) is 1. The van der Waals surface area contributed by atoms with E-state index in [0.717, 1.165) is 45.2 Å². The normalized spacial score (nSPS) is 21.8. The smallest absolute Gasteiger partial charge is 0.191 e. The Labute approximate surface area is 158 Å². The van der Waals surface area contributed by atoms with E-state index in [-0.39, 0.29) is 24.0 Å². The molecule has 0 aromatic carbocycles. The monoisotopic (exact) mass is 443 g/mol. The van der Waals surface area contributed by atoms with Crippen molar-refractivity contribution in [1.29, 1.82) is 0 Å². The van der Waals surface area contributed by atoms with Gasteiger partial charge in [0.25, 0.3) is 0 Å². The first-order chi connectivity index (χ1) is 10.1. The van der Waals surface area contributed by atoms with E-state index >= 15 is 0 Å². The maximum atomic E-state index is 5.59. The highest BCUT2D eigenvalue weighted by molar-refractivity contribution is 14.0. The minimum absolute atomic E-state index is 0. The zero-order valence-corrected chi connectivity index (χ0v) is 17.8. The Morgan fingerprint density at radius 2 is 2.14 bits per heavy atom. The molecule has 1 fully saturated rings. The molecule has 1 aliphatic rings. The highest BCUT2D eigenvalue weighted by Gasteiger charge is 2.29. The van der Waals surface area contributed by atoms with Crippen molar-refractivity contribution in [2.45, 2.75) is 51.7 Å². The van der Waals surface area contributed by atoms with E-state index in [0.29, 0.717) is 10.7 Å². The fourth-order valence-corrected chi connectivity index (χ4v) is 3.48. The molecule has 0 aromatic rings. The van der Waals surface area contributed by atoms with E-state index in [2.05, 4.69) is 50.1 Å². The van der Waals surface area contributed by atoms with Gasteiger partial charge >= 0.3 is 0 Å². The number of nitrogens with zero attached hydrogens (tertiary/aromatic N) is 1. The van der Waals surface area contributed by atoms with Gasteiger partial charge in [-0.1, -0.05) is 13.8 Å². The van der Waals surface area contributed by atoms with Crippen LogP contribution in [-0.2, 0) is 4.74 Å².